The van der Waals surface area contributed by atoms with Crippen molar-refractivity contribution < 1.29 is 23.5 Å². The fourth-order valence-electron chi connectivity index (χ4n) is 4.61. The number of hydrogen-bond donors (Lipinski definition) is 2. The third-order valence-electron chi connectivity index (χ3n) is 6.44. The van der Waals surface area contributed by atoms with Crippen LogP contribution in [0.15, 0.2) is 67.0 Å². The van der Waals surface area contributed by atoms with Crippen molar-refractivity contribution in [3.8, 4) is 11.5 Å². The highest BCUT2D eigenvalue weighted by molar-refractivity contribution is 5.93. The van der Waals surface area contributed by atoms with E-state index in [4.69, 9.17) is 9.47 Å². The Hall–Kier alpha value is -3.98. The maximum Gasteiger partial charge on any atom is 0.231 e. The normalized spacial score (nSPS) is 19.0. The van der Waals surface area contributed by atoms with Crippen LogP contribution in [-0.4, -0.2) is 41.6 Å². The number of pyridine rings is 1. The Kier molecular flexibility index (Phi) is 7.08. The van der Waals surface area contributed by atoms with Gasteiger partial charge in [-0.25, -0.2) is 4.39 Å². The van der Waals surface area contributed by atoms with E-state index in [2.05, 4.69) is 20.5 Å². The first kappa shape index (κ1) is 23.7. The standard InChI is InChI=1S/C27H27FN4O4/c28-22-2-4-23(5-3-22)31-27(34)21-12-20(15-32(16-21)14-18-7-9-29-10-8-18)26(33)30-13-19-1-6-24-25(11-19)36-17-35-24/h1-11,20-21H,12-17H2,(H,30,33)(H,31,34)/t20-,21+/m0/s1. The first-order chi connectivity index (χ1) is 17.5. The van der Waals surface area contributed by atoms with Crippen molar-refractivity contribution in [2.75, 3.05) is 25.2 Å². The Bertz CT molecular complexity index is 1220. The summed E-state index contributed by atoms with van der Waals surface area (Å²) in [6.07, 6.45) is 3.88. The van der Waals surface area contributed by atoms with E-state index in [1.54, 1.807) is 12.4 Å². The number of benzene rings is 2. The van der Waals surface area contributed by atoms with Gasteiger partial charge in [0.15, 0.2) is 11.5 Å². The average Bonchev–Trinajstić information content (AvgIpc) is 3.37. The van der Waals surface area contributed by atoms with Crippen LogP contribution in [0.1, 0.15) is 17.5 Å². The topological polar surface area (TPSA) is 92.8 Å². The molecule has 0 aliphatic carbocycles. The van der Waals surface area contributed by atoms with E-state index in [0.29, 0.717) is 49.8 Å². The summed E-state index contributed by atoms with van der Waals surface area (Å²) in [5, 5.41) is 5.88. The number of carbonyl (C=O) groups excluding carboxylic acids is 2. The summed E-state index contributed by atoms with van der Waals surface area (Å²) in [5.41, 5.74) is 2.49. The van der Waals surface area contributed by atoms with Crippen LogP contribution in [0.3, 0.4) is 0 Å². The Morgan fingerprint density at radius 2 is 1.64 bits per heavy atom. The summed E-state index contributed by atoms with van der Waals surface area (Å²) in [6, 6.07) is 15.1. The van der Waals surface area contributed by atoms with Gasteiger partial charge in [0.1, 0.15) is 5.82 Å². The molecule has 3 heterocycles. The second-order valence-corrected chi connectivity index (χ2v) is 9.08. The van der Waals surface area contributed by atoms with Gasteiger partial charge in [-0.15, -0.1) is 0 Å². The van der Waals surface area contributed by atoms with Crippen molar-refractivity contribution in [2.24, 2.45) is 11.8 Å². The van der Waals surface area contributed by atoms with Gasteiger partial charge in [0.25, 0.3) is 0 Å². The molecule has 0 bridgehead atoms. The van der Waals surface area contributed by atoms with Crippen LogP contribution in [0.5, 0.6) is 11.5 Å². The van der Waals surface area contributed by atoms with Crippen LogP contribution in [0.25, 0.3) is 0 Å². The van der Waals surface area contributed by atoms with Crippen molar-refractivity contribution in [1.29, 1.82) is 0 Å². The lowest BCUT2D eigenvalue weighted by Gasteiger charge is -2.36. The fraction of sp³-hybridized carbons (Fsp3) is 0.296. The molecule has 1 saturated heterocycles. The number of likely N-dealkylation sites (tertiary alicyclic amines) is 1. The quantitative estimate of drug-likeness (QED) is 0.528. The number of amides is 2. The molecular formula is C27H27FN4O4. The van der Waals surface area contributed by atoms with Gasteiger partial charge in [-0.2, -0.15) is 0 Å². The lowest BCUT2D eigenvalue weighted by atomic mass is 9.87. The number of nitrogens with one attached hydrogen (secondary N) is 2. The fourth-order valence-corrected chi connectivity index (χ4v) is 4.61. The number of piperidine rings is 1. The lowest BCUT2D eigenvalue weighted by Crippen LogP contribution is -2.48. The maximum atomic E-state index is 13.3. The second-order valence-electron chi connectivity index (χ2n) is 9.08. The molecule has 0 unspecified atom stereocenters. The van der Waals surface area contributed by atoms with E-state index in [1.165, 1.54) is 24.3 Å². The molecule has 9 heteroatoms. The number of rotatable bonds is 7. The molecule has 0 spiro atoms. The van der Waals surface area contributed by atoms with E-state index in [-0.39, 0.29) is 30.3 Å². The summed E-state index contributed by atoms with van der Waals surface area (Å²) in [7, 11) is 0. The van der Waals surface area contributed by atoms with Crippen LogP contribution in [0, 0.1) is 17.7 Å². The first-order valence-corrected chi connectivity index (χ1v) is 11.9. The van der Waals surface area contributed by atoms with E-state index in [1.807, 2.05) is 30.3 Å². The molecule has 5 rings (SSSR count). The largest absolute Gasteiger partial charge is 0.454 e. The van der Waals surface area contributed by atoms with Gasteiger partial charge in [0, 0.05) is 44.3 Å². The molecular weight excluding hydrogens is 463 g/mol. The molecule has 0 saturated carbocycles. The molecule has 186 valence electrons. The molecule has 2 atom stereocenters. The lowest BCUT2D eigenvalue weighted by molar-refractivity contribution is -0.130. The van der Waals surface area contributed by atoms with Gasteiger partial charge in [-0.05, 0) is 66.1 Å². The van der Waals surface area contributed by atoms with E-state index in [0.717, 1.165) is 11.1 Å². The Morgan fingerprint density at radius 1 is 0.917 bits per heavy atom. The third kappa shape index (κ3) is 5.80. The zero-order valence-corrected chi connectivity index (χ0v) is 19.7. The van der Waals surface area contributed by atoms with Crippen LogP contribution in [0.4, 0.5) is 10.1 Å². The molecule has 2 aliphatic heterocycles. The summed E-state index contributed by atoms with van der Waals surface area (Å²) >= 11 is 0. The number of halogens is 1. The number of fused-ring (bicyclic) bond motifs is 1. The van der Waals surface area contributed by atoms with Crippen molar-refractivity contribution in [1.82, 2.24) is 15.2 Å². The number of anilines is 1. The van der Waals surface area contributed by atoms with E-state index in [9.17, 15) is 14.0 Å². The molecule has 36 heavy (non-hydrogen) atoms. The Labute approximate surface area is 208 Å². The SMILES string of the molecule is O=C(NCc1ccc2c(c1)OCO2)[C@H]1C[C@@H](C(=O)Nc2ccc(F)cc2)CN(Cc2ccncc2)C1. The van der Waals surface area contributed by atoms with E-state index < -0.39 is 5.92 Å². The highest BCUT2D eigenvalue weighted by atomic mass is 19.1. The van der Waals surface area contributed by atoms with Gasteiger partial charge in [0.05, 0.1) is 11.8 Å². The highest BCUT2D eigenvalue weighted by Crippen LogP contribution is 2.32. The van der Waals surface area contributed by atoms with Crippen LogP contribution in [-0.2, 0) is 22.7 Å². The predicted molar refractivity (Wildman–Crippen MR) is 131 cm³/mol. The van der Waals surface area contributed by atoms with Crippen LogP contribution < -0.4 is 20.1 Å². The molecule has 8 nitrogen and oxygen atoms in total. The number of aromatic nitrogens is 1. The zero-order chi connectivity index (χ0) is 24.9. The summed E-state index contributed by atoms with van der Waals surface area (Å²) < 4.78 is 24.0. The molecule has 2 aromatic carbocycles. The molecule has 3 aromatic rings. The summed E-state index contributed by atoms with van der Waals surface area (Å²) in [6.45, 7) is 2.20. The van der Waals surface area contributed by atoms with Crippen molar-refractivity contribution in [2.45, 2.75) is 19.5 Å². The summed E-state index contributed by atoms with van der Waals surface area (Å²) in [5.74, 6) is -0.0558. The monoisotopic (exact) mass is 490 g/mol. The average molecular weight is 491 g/mol. The predicted octanol–water partition coefficient (Wildman–Crippen LogP) is 3.34. The molecule has 2 N–H and O–H groups in total. The second kappa shape index (κ2) is 10.7. The molecule has 2 aliphatic rings. The molecule has 2 amide bonds. The minimum atomic E-state index is -0.396. The first-order valence-electron chi connectivity index (χ1n) is 11.9. The minimum Gasteiger partial charge on any atom is -0.454 e. The van der Waals surface area contributed by atoms with Gasteiger partial charge in [0.2, 0.25) is 18.6 Å². The van der Waals surface area contributed by atoms with Gasteiger partial charge < -0.3 is 20.1 Å². The van der Waals surface area contributed by atoms with Gasteiger partial charge in [-0.3, -0.25) is 19.5 Å². The number of hydrogen-bond acceptors (Lipinski definition) is 6. The maximum absolute atomic E-state index is 13.3. The molecule has 1 aromatic heterocycles. The Balaban J connectivity index is 1.26. The number of carbonyl (C=O) groups is 2. The molecule has 0 radical (unpaired) electrons. The van der Waals surface area contributed by atoms with Gasteiger partial charge in [-0.1, -0.05) is 6.07 Å². The highest BCUT2D eigenvalue weighted by Gasteiger charge is 2.35. The van der Waals surface area contributed by atoms with Gasteiger partial charge >= 0.3 is 0 Å². The van der Waals surface area contributed by atoms with Crippen molar-refractivity contribution in [3.05, 3.63) is 83.9 Å². The zero-order valence-electron chi connectivity index (χ0n) is 19.7. The Morgan fingerprint density at radius 3 is 2.42 bits per heavy atom. The third-order valence-corrected chi connectivity index (χ3v) is 6.44. The number of ether oxygens (including phenoxy) is 2. The number of nitrogens with zero attached hydrogens (tertiary/aromatic N) is 2. The molecule has 1 fully saturated rings. The smallest absolute Gasteiger partial charge is 0.231 e. The van der Waals surface area contributed by atoms with E-state index >= 15 is 0 Å². The van der Waals surface area contributed by atoms with Crippen LogP contribution in [0.2, 0.25) is 0 Å². The van der Waals surface area contributed by atoms with Crippen molar-refractivity contribution >= 4 is 17.5 Å². The van der Waals surface area contributed by atoms with Crippen LogP contribution >= 0.6 is 0 Å². The minimum absolute atomic E-state index is 0.105. The summed E-state index contributed by atoms with van der Waals surface area (Å²) in [4.78, 5) is 32.5. The van der Waals surface area contributed by atoms with Crippen molar-refractivity contribution in [3.63, 3.8) is 0 Å².